The number of anilines is 2. The summed E-state index contributed by atoms with van der Waals surface area (Å²) in [4.78, 5) is 27.3. The van der Waals surface area contributed by atoms with E-state index in [1.807, 2.05) is 55.6 Å². The van der Waals surface area contributed by atoms with Crippen molar-refractivity contribution in [2.45, 2.75) is 37.5 Å². The van der Waals surface area contributed by atoms with E-state index in [4.69, 9.17) is 4.74 Å². The molecule has 3 aromatic carbocycles. The van der Waals surface area contributed by atoms with E-state index in [1.54, 1.807) is 11.0 Å². The third-order valence-corrected chi connectivity index (χ3v) is 9.17. The van der Waals surface area contributed by atoms with Crippen LogP contribution in [0.5, 0.6) is 0 Å². The zero-order chi connectivity index (χ0) is 28.7. The molecule has 0 unspecified atom stereocenters. The normalized spacial score (nSPS) is 17.4. The number of carbonyl (C=O) groups excluding carboxylic acids is 2. The standard InChI is InChI=1S/C32H36N2O5S/c1-33-28-16-12-26(13-17-28)25-10-7-24(8-11-25)22-34(29-6-4-5-23(21-29)9-20-31(35)39-2)32(36)27-14-18-30(19-15-27)40(3,37)38/h4-13,16-17,20-21,27,30,33H,14-15,18-19,22H2,1-3H3/b20-9+. The maximum atomic E-state index is 13.9. The van der Waals surface area contributed by atoms with Gasteiger partial charge in [-0.2, -0.15) is 0 Å². The van der Waals surface area contributed by atoms with Crippen LogP contribution in [0.4, 0.5) is 11.4 Å². The fourth-order valence-corrected chi connectivity index (χ4v) is 6.23. The highest BCUT2D eigenvalue weighted by atomic mass is 32.2. The van der Waals surface area contributed by atoms with Gasteiger partial charge in [-0.25, -0.2) is 13.2 Å². The quantitative estimate of drug-likeness (QED) is 0.266. The van der Waals surface area contributed by atoms with Crippen LogP contribution in [0.15, 0.2) is 78.9 Å². The summed E-state index contributed by atoms with van der Waals surface area (Å²) in [7, 11) is 0.0903. The van der Waals surface area contributed by atoms with Crippen LogP contribution in [-0.4, -0.2) is 46.0 Å². The molecular weight excluding hydrogens is 524 g/mol. The van der Waals surface area contributed by atoms with E-state index in [-0.39, 0.29) is 17.1 Å². The number of carbonyl (C=O) groups is 2. The van der Waals surface area contributed by atoms with Crippen molar-refractivity contribution in [3.8, 4) is 11.1 Å². The van der Waals surface area contributed by atoms with Gasteiger partial charge < -0.3 is 15.0 Å². The molecule has 7 nitrogen and oxygen atoms in total. The van der Waals surface area contributed by atoms with Crippen LogP contribution >= 0.6 is 0 Å². The molecule has 210 valence electrons. The Kier molecular flexibility index (Phi) is 9.42. The van der Waals surface area contributed by atoms with E-state index in [9.17, 15) is 18.0 Å². The fourth-order valence-electron chi connectivity index (χ4n) is 5.10. The molecule has 1 N–H and O–H groups in total. The predicted octanol–water partition coefficient (Wildman–Crippen LogP) is 5.72. The van der Waals surface area contributed by atoms with Crippen molar-refractivity contribution in [2.75, 3.05) is 30.6 Å². The minimum Gasteiger partial charge on any atom is -0.466 e. The molecule has 0 bridgehead atoms. The number of hydrogen-bond donors (Lipinski definition) is 1. The number of ether oxygens (including phenoxy) is 1. The lowest BCUT2D eigenvalue weighted by atomic mass is 9.87. The molecule has 0 heterocycles. The Morgan fingerprint density at radius 1 is 0.950 bits per heavy atom. The molecule has 1 saturated carbocycles. The number of hydrogen-bond acceptors (Lipinski definition) is 6. The molecule has 40 heavy (non-hydrogen) atoms. The van der Waals surface area contributed by atoms with Gasteiger partial charge >= 0.3 is 5.97 Å². The summed E-state index contributed by atoms with van der Waals surface area (Å²) < 4.78 is 28.8. The number of amides is 1. The number of benzene rings is 3. The maximum Gasteiger partial charge on any atom is 0.330 e. The summed E-state index contributed by atoms with van der Waals surface area (Å²) in [5.41, 5.74) is 5.69. The van der Waals surface area contributed by atoms with Crippen LogP contribution in [0, 0.1) is 5.92 Å². The largest absolute Gasteiger partial charge is 0.466 e. The van der Waals surface area contributed by atoms with Gasteiger partial charge in [0, 0.05) is 36.7 Å². The van der Waals surface area contributed by atoms with Gasteiger partial charge in [0.05, 0.1) is 18.9 Å². The van der Waals surface area contributed by atoms with E-state index >= 15 is 0 Å². The van der Waals surface area contributed by atoms with E-state index in [1.165, 1.54) is 19.4 Å². The van der Waals surface area contributed by atoms with Crippen molar-refractivity contribution in [2.24, 2.45) is 5.92 Å². The number of nitrogens with one attached hydrogen (secondary N) is 1. The third-order valence-electron chi connectivity index (χ3n) is 7.49. The van der Waals surface area contributed by atoms with Crippen molar-refractivity contribution in [1.29, 1.82) is 0 Å². The Hall–Kier alpha value is -3.91. The molecule has 0 atom stereocenters. The summed E-state index contributed by atoms with van der Waals surface area (Å²) >= 11 is 0. The second-order valence-corrected chi connectivity index (χ2v) is 12.5. The van der Waals surface area contributed by atoms with Gasteiger partial charge in [0.25, 0.3) is 0 Å². The minimum atomic E-state index is -3.12. The average Bonchev–Trinajstić information content (AvgIpc) is 2.98. The highest BCUT2D eigenvalue weighted by molar-refractivity contribution is 7.91. The van der Waals surface area contributed by atoms with Crippen molar-refractivity contribution in [3.63, 3.8) is 0 Å². The zero-order valence-electron chi connectivity index (χ0n) is 23.2. The summed E-state index contributed by atoms with van der Waals surface area (Å²) in [6.07, 6.45) is 6.34. The van der Waals surface area contributed by atoms with Gasteiger partial charge in [0.2, 0.25) is 5.91 Å². The van der Waals surface area contributed by atoms with Crippen LogP contribution < -0.4 is 10.2 Å². The molecule has 1 aliphatic rings. The van der Waals surface area contributed by atoms with Crippen molar-refractivity contribution >= 4 is 39.2 Å². The first-order valence-electron chi connectivity index (χ1n) is 13.4. The molecule has 0 radical (unpaired) electrons. The molecular formula is C32H36N2O5S. The van der Waals surface area contributed by atoms with Crippen molar-refractivity contribution in [1.82, 2.24) is 0 Å². The van der Waals surface area contributed by atoms with E-state index in [2.05, 4.69) is 29.6 Å². The van der Waals surface area contributed by atoms with Crippen molar-refractivity contribution < 1.29 is 22.7 Å². The molecule has 3 aromatic rings. The Labute approximate surface area is 236 Å². The Morgan fingerprint density at radius 2 is 1.57 bits per heavy atom. The van der Waals surface area contributed by atoms with Crippen LogP contribution in [0.1, 0.15) is 36.8 Å². The Bertz CT molecular complexity index is 1460. The minimum absolute atomic E-state index is 0.0206. The lowest BCUT2D eigenvalue weighted by molar-refractivity contribution is -0.134. The molecule has 0 spiro atoms. The first-order valence-corrected chi connectivity index (χ1v) is 15.4. The average molecular weight is 561 g/mol. The monoisotopic (exact) mass is 560 g/mol. The van der Waals surface area contributed by atoms with Gasteiger partial charge in [-0.1, -0.05) is 48.5 Å². The van der Waals surface area contributed by atoms with E-state index in [0.29, 0.717) is 37.9 Å². The lowest BCUT2D eigenvalue weighted by Crippen LogP contribution is -2.39. The molecule has 0 aliphatic heterocycles. The molecule has 1 fully saturated rings. The third kappa shape index (κ3) is 7.39. The zero-order valence-corrected chi connectivity index (χ0v) is 24.0. The number of sulfone groups is 1. The molecule has 0 aromatic heterocycles. The summed E-state index contributed by atoms with van der Waals surface area (Å²) in [6, 6.07) is 23.8. The second-order valence-electron chi connectivity index (χ2n) is 10.2. The van der Waals surface area contributed by atoms with Gasteiger partial charge in [0.15, 0.2) is 0 Å². The lowest BCUT2D eigenvalue weighted by Gasteiger charge is -2.32. The molecule has 0 saturated heterocycles. The summed E-state index contributed by atoms with van der Waals surface area (Å²) in [6.45, 7) is 0.369. The molecule has 4 rings (SSSR count). The highest BCUT2D eigenvalue weighted by Gasteiger charge is 2.33. The smallest absolute Gasteiger partial charge is 0.330 e. The molecule has 1 aliphatic carbocycles. The van der Waals surface area contributed by atoms with Crippen LogP contribution in [0.3, 0.4) is 0 Å². The van der Waals surface area contributed by atoms with Gasteiger partial charge in [-0.05, 0) is 78.3 Å². The number of rotatable bonds is 9. The first-order chi connectivity index (χ1) is 19.2. The second kappa shape index (κ2) is 13.0. The number of esters is 1. The van der Waals surface area contributed by atoms with Crippen molar-refractivity contribution in [3.05, 3.63) is 90.0 Å². The summed E-state index contributed by atoms with van der Waals surface area (Å²) in [5, 5.41) is 2.74. The van der Waals surface area contributed by atoms with Crippen LogP contribution in [-0.2, 0) is 30.7 Å². The van der Waals surface area contributed by atoms with Gasteiger partial charge in [-0.15, -0.1) is 0 Å². The Morgan fingerprint density at radius 3 is 2.15 bits per heavy atom. The predicted molar refractivity (Wildman–Crippen MR) is 161 cm³/mol. The topological polar surface area (TPSA) is 92.8 Å². The Balaban J connectivity index is 1.59. The fraction of sp³-hybridized carbons (Fsp3) is 0.312. The maximum absolute atomic E-state index is 13.9. The molecule has 1 amide bonds. The van der Waals surface area contributed by atoms with E-state index in [0.717, 1.165) is 27.9 Å². The van der Waals surface area contributed by atoms with Crippen LogP contribution in [0.2, 0.25) is 0 Å². The van der Waals surface area contributed by atoms with E-state index < -0.39 is 15.8 Å². The number of nitrogens with zero attached hydrogens (tertiary/aromatic N) is 1. The molecule has 8 heteroatoms. The first kappa shape index (κ1) is 29.1. The number of methoxy groups -OCH3 is 1. The van der Waals surface area contributed by atoms with Crippen LogP contribution in [0.25, 0.3) is 17.2 Å². The summed E-state index contributed by atoms with van der Waals surface area (Å²) in [5.74, 6) is -0.730. The van der Waals surface area contributed by atoms with Gasteiger partial charge in [0.1, 0.15) is 9.84 Å². The highest BCUT2D eigenvalue weighted by Crippen LogP contribution is 2.32. The SMILES string of the molecule is CNc1ccc(-c2ccc(CN(C(=O)C3CCC(S(C)(=O)=O)CC3)c3cccc(/C=C/C(=O)OC)c3)cc2)cc1. The van der Waals surface area contributed by atoms with Gasteiger partial charge in [-0.3, -0.25) is 4.79 Å².